The summed E-state index contributed by atoms with van der Waals surface area (Å²) >= 11 is 5.89. The molecule has 5 N–H and O–H groups in total. The molecule has 0 aliphatic carbocycles. The molecule has 9 nitrogen and oxygen atoms in total. The van der Waals surface area contributed by atoms with Crippen molar-refractivity contribution >= 4 is 45.8 Å². The lowest BCUT2D eigenvalue weighted by molar-refractivity contribution is -0.120. The van der Waals surface area contributed by atoms with E-state index in [2.05, 4.69) is 20.4 Å². The number of nitrogens with zero attached hydrogens (tertiary/aromatic N) is 3. The Bertz CT molecular complexity index is 1140. The number of amides is 2. The molecule has 2 amide bonds. The SMILES string of the molecule is NC(CN1C(=O)C(NC(=O)c2cc3cc(Cl)ncc3[nH]2)Cc2ccccc21)=NO. The van der Waals surface area contributed by atoms with Crippen molar-refractivity contribution in [2.75, 3.05) is 11.4 Å². The van der Waals surface area contributed by atoms with Crippen molar-refractivity contribution in [3.63, 3.8) is 0 Å². The number of hydrogen-bond acceptors (Lipinski definition) is 5. The number of hydrogen-bond donors (Lipinski definition) is 4. The van der Waals surface area contributed by atoms with Crippen LogP contribution in [0.15, 0.2) is 47.8 Å². The lowest BCUT2D eigenvalue weighted by Gasteiger charge is -2.34. The topological polar surface area (TPSA) is 137 Å². The van der Waals surface area contributed by atoms with Crippen LogP contribution in [-0.2, 0) is 11.2 Å². The second kappa shape index (κ2) is 7.44. The molecule has 1 atom stereocenters. The van der Waals surface area contributed by atoms with Crippen LogP contribution in [-0.4, -0.2) is 45.4 Å². The van der Waals surface area contributed by atoms with Crippen LogP contribution in [0.1, 0.15) is 16.1 Å². The first-order valence-corrected chi connectivity index (χ1v) is 9.15. The van der Waals surface area contributed by atoms with Gasteiger partial charge in [0.05, 0.1) is 18.3 Å². The summed E-state index contributed by atoms with van der Waals surface area (Å²) in [6, 6.07) is 9.80. The van der Waals surface area contributed by atoms with E-state index < -0.39 is 11.9 Å². The number of nitrogens with one attached hydrogen (secondary N) is 2. The summed E-state index contributed by atoms with van der Waals surface area (Å²) in [6.45, 7) is -0.0880. The third-order valence-electron chi connectivity index (χ3n) is 4.74. The maximum absolute atomic E-state index is 13.0. The van der Waals surface area contributed by atoms with Gasteiger partial charge in [0.15, 0.2) is 5.84 Å². The standard InChI is InChI=1S/C19H17ClN6O3/c20-16-7-11-6-12(23-14(11)8-22-16)18(27)24-13-5-10-3-1-2-4-15(10)26(19(13)28)9-17(21)25-29/h1-4,6-8,13,23,29H,5,9H2,(H2,21,25)(H,24,27). The van der Waals surface area contributed by atoms with Crippen molar-refractivity contribution in [1.82, 2.24) is 15.3 Å². The van der Waals surface area contributed by atoms with Crippen molar-refractivity contribution in [2.24, 2.45) is 10.9 Å². The highest BCUT2D eigenvalue weighted by Crippen LogP contribution is 2.28. The number of carbonyl (C=O) groups excluding carboxylic acids is 2. The molecule has 2 aromatic heterocycles. The van der Waals surface area contributed by atoms with Gasteiger partial charge in [-0.25, -0.2) is 4.98 Å². The molecule has 0 radical (unpaired) electrons. The number of amidine groups is 1. The van der Waals surface area contributed by atoms with Crippen LogP contribution in [0.2, 0.25) is 5.15 Å². The number of halogens is 1. The maximum Gasteiger partial charge on any atom is 0.268 e. The Kier molecular flexibility index (Phi) is 4.81. The molecule has 1 aliphatic heterocycles. The summed E-state index contributed by atoms with van der Waals surface area (Å²) in [5, 5.41) is 15.7. The fourth-order valence-corrected chi connectivity index (χ4v) is 3.56. The Hall–Kier alpha value is -3.59. The van der Waals surface area contributed by atoms with E-state index in [1.807, 2.05) is 12.1 Å². The largest absolute Gasteiger partial charge is 0.409 e. The number of oxime groups is 1. The fourth-order valence-electron chi connectivity index (χ4n) is 3.39. The number of anilines is 1. The molecule has 148 valence electrons. The fraction of sp³-hybridized carbons (Fsp3) is 0.158. The molecule has 0 saturated carbocycles. The highest BCUT2D eigenvalue weighted by Gasteiger charge is 2.34. The van der Waals surface area contributed by atoms with Crippen LogP contribution in [0.5, 0.6) is 0 Å². The van der Waals surface area contributed by atoms with Crippen molar-refractivity contribution in [2.45, 2.75) is 12.5 Å². The molecule has 0 spiro atoms. The Morgan fingerprint density at radius 1 is 1.41 bits per heavy atom. The average Bonchev–Trinajstić information content (AvgIpc) is 3.14. The summed E-state index contributed by atoms with van der Waals surface area (Å²) in [6.07, 6.45) is 1.87. The van der Waals surface area contributed by atoms with Gasteiger partial charge in [-0.15, -0.1) is 0 Å². The van der Waals surface area contributed by atoms with E-state index in [4.69, 9.17) is 22.5 Å². The highest BCUT2D eigenvalue weighted by molar-refractivity contribution is 6.30. The molecule has 0 fully saturated rings. The number of aromatic nitrogens is 2. The lowest BCUT2D eigenvalue weighted by atomic mass is 9.97. The van der Waals surface area contributed by atoms with E-state index >= 15 is 0 Å². The third kappa shape index (κ3) is 3.59. The Morgan fingerprint density at radius 2 is 2.21 bits per heavy atom. The van der Waals surface area contributed by atoms with Gasteiger partial charge in [-0.2, -0.15) is 0 Å². The Labute approximate surface area is 170 Å². The zero-order valence-electron chi connectivity index (χ0n) is 15.1. The van der Waals surface area contributed by atoms with E-state index in [1.54, 1.807) is 24.3 Å². The van der Waals surface area contributed by atoms with Gasteiger partial charge in [0.25, 0.3) is 5.91 Å². The first kappa shape index (κ1) is 18.8. The molecule has 1 aromatic carbocycles. The van der Waals surface area contributed by atoms with Crippen LogP contribution < -0.4 is 16.0 Å². The van der Waals surface area contributed by atoms with Crippen LogP contribution in [0, 0.1) is 0 Å². The van der Waals surface area contributed by atoms with Gasteiger partial charge in [-0.1, -0.05) is 35.0 Å². The van der Waals surface area contributed by atoms with E-state index in [9.17, 15) is 9.59 Å². The van der Waals surface area contributed by atoms with Crippen LogP contribution >= 0.6 is 11.6 Å². The second-order valence-electron chi connectivity index (χ2n) is 6.65. The zero-order chi connectivity index (χ0) is 20.5. The van der Waals surface area contributed by atoms with Crippen molar-refractivity contribution in [3.05, 3.63) is 59.0 Å². The molecule has 0 bridgehead atoms. The van der Waals surface area contributed by atoms with Crippen molar-refractivity contribution < 1.29 is 14.8 Å². The van der Waals surface area contributed by atoms with Gasteiger partial charge in [0.2, 0.25) is 5.91 Å². The van der Waals surface area contributed by atoms with Crippen LogP contribution in [0.4, 0.5) is 5.69 Å². The molecule has 29 heavy (non-hydrogen) atoms. The molecule has 4 rings (SSSR count). The normalized spacial score (nSPS) is 16.7. The smallest absolute Gasteiger partial charge is 0.268 e. The van der Waals surface area contributed by atoms with Crippen LogP contribution in [0.25, 0.3) is 10.9 Å². The summed E-state index contributed by atoms with van der Waals surface area (Å²) in [4.78, 5) is 34.1. The number of carbonyl (C=O) groups is 2. The second-order valence-corrected chi connectivity index (χ2v) is 7.04. The number of benzene rings is 1. The molecule has 3 aromatic rings. The predicted octanol–water partition coefficient (Wildman–Crippen LogP) is 1.65. The number of nitrogens with two attached hydrogens (primary N) is 1. The van der Waals surface area contributed by atoms with E-state index in [0.717, 1.165) is 10.9 Å². The minimum absolute atomic E-state index is 0.0880. The highest BCUT2D eigenvalue weighted by atomic mass is 35.5. The zero-order valence-corrected chi connectivity index (χ0v) is 15.8. The number of H-pyrrole nitrogens is 1. The molecule has 1 aliphatic rings. The van der Waals surface area contributed by atoms with Crippen molar-refractivity contribution in [3.8, 4) is 0 Å². The van der Waals surface area contributed by atoms with E-state index in [-0.39, 0.29) is 18.3 Å². The Balaban J connectivity index is 1.60. The summed E-state index contributed by atoms with van der Waals surface area (Å²) < 4.78 is 0. The molecular weight excluding hydrogens is 396 g/mol. The third-order valence-corrected chi connectivity index (χ3v) is 4.95. The van der Waals surface area contributed by atoms with Gasteiger partial charge in [-0.05, 0) is 23.8 Å². The number of aromatic amines is 1. The number of para-hydroxylation sites is 1. The number of rotatable bonds is 4. The monoisotopic (exact) mass is 412 g/mol. The number of fused-ring (bicyclic) bond motifs is 2. The van der Waals surface area contributed by atoms with Crippen LogP contribution in [0.3, 0.4) is 0 Å². The summed E-state index contributed by atoms with van der Waals surface area (Å²) in [5.74, 6) is -0.886. The lowest BCUT2D eigenvalue weighted by Crippen LogP contribution is -2.54. The minimum atomic E-state index is -0.794. The van der Waals surface area contributed by atoms with Gasteiger partial charge < -0.3 is 26.1 Å². The first-order chi connectivity index (χ1) is 14.0. The van der Waals surface area contributed by atoms with E-state index in [0.29, 0.717) is 28.5 Å². The molecule has 10 heteroatoms. The molecule has 3 heterocycles. The van der Waals surface area contributed by atoms with Crippen molar-refractivity contribution in [1.29, 1.82) is 0 Å². The minimum Gasteiger partial charge on any atom is -0.409 e. The van der Waals surface area contributed by atoms with Gasteiger partial charge >= 0.3 is 0 Å². The number of pyridine rings is 1. The Morgan fingerprint density at radius 3 is 3.00 bits per heavy atom. The summed E-state index contributed by atoms with van der Waals surface area (Å²) in [7, 11) is 0. The molecular formula is C19H17ClN6O3. The average molecular weight is 413 g/mol. The first-order valence-electron chi connectivity index (χ1n) is 8.77. The maximum atomic E-state index is 13.0. The molecule has 0 saturated heterocycles. The quantitative estimate of drug-likeness (QED) is 0.170. The van der Waals surface area contributed by atoms with E-state index in [1.165, 1.54) is 11.1 Å². The summed E-state index contributed by atoms with van der Waals surface area (Å²) in [5.41, 5.74) is 8.10. The molecule has 1 unspecified atom stereocenters. The van der Waals surface area contributed by atoms with Gasteiger partial charge in [0, 0.05) is 17.5 Å². The van der Waals surface area contributed by atoms with Gasteiger partial charge in [-0.3, -0.25) is 9.59 Å². The predicted molar refractivity (Wildman–Crippen MR) is 108 cm³/mol. The van der Waals surface area contributed by atoms with Gasteiger partial charge in [0.1, 0.15) is 16.9 Å².